The maximum absolute atomic E-state index is 9.64. The minimum Gasteiger partial charge on any atom is -0.370 e. The van der Waals surface area contributed by atoms with Crippen molar-refractivity contribution in [2.24, 2.45) is 17.3 Å². The third-order valence-electron chi connectivity index (χ3n) is 7.38. The first-order chi connectivity index (χ1) is 14.8. The minimum absolute atomic E-state index is 0.331. The Kier molecular flexibility index (Phi) is 5.24. The zero-order valence-electron chi connectivity index (χ0n) is 18.7. The number of anilines is 1. The maximum atomic E-state index is 9.64. The highest BCUT2D eigenvalue weighted by atomic mass is 32.1. The van der Waals surface area contributed by atoms with Gasteiger partial charge in [-0.3, -0.25) is 4.31 Å². The predicted molar refractivity (Wildman–Crippen MR) is 135 cm³/mol. The van der Waals surface area contributed by atoms with E-state index in [1.165, 1.54) is 38.6 Å². The average molecular weight is 450 g/mol. The Labute approximate surface area is 195 Å². The summed E-state index contributed by atoms with van der Waals surface area (Å²) in [5, 5.41) is 9.64. The summed E-state index contributed by atoms with van der Waals surface area (Å²) >= 11 is 6.52. The second-order valence-electron chi connectivity index (χ2n) is 10.5. The normalized spacial score (nSPS) is 24.7. The molecule has 1 aromatic heterocycles. The van der Waals surface area contributed by atoms with E-state index >= 15 is 0 Å². The second kappa shape index (κ2) is 7.69. The number of benzene rings is 1. The summed E-state index contributed by atoms with van der Waals surface area (Å²) in [5.41, 5.74) is 7.54. The molecule has 31 heavy (non-hydrogen) atoms. The Balaban J connectivity index is 1.62. The van der Waals surface area contributed by atoms with Crippen molar-refractivity contribution in [1.82, 2.24) is 4.31 Å². The molecule has 1 aliphatic carbocycles. The highest BCUT2D eigenvalue weighted by Crippen LogP contribution is 2.50. The topological polar surface area (TPSA) is 30.3 Å². The molecule has 0 spiro atoms. The first kappa shape index (κ1) is 21.1. The van der Waals surface area contributed by atoms with Gasteiger partial charge in [-0.25, -0.2) is 0 Å². The fraction of sp³-hybridized carbons (Fsp3) is 0.500. The van der Waals surface area contributed by atoms with E-state index in [1.54, 1.807) is 0 Å². The van der Waals surface area contributed by atoms with Crippen molar-refractivity contribution in [3.05, 3.63) is 46.3 Å². The van der Waals surface area contributed by atoms with E-state index < -0.39 is 0 Å². The van der Waals surface area contributed by atoms with Gasteiger partial charge >= 0.3 is 0 Å². The quantitative estimate of drug-likeness (QED) is 0.579. The van der Waals surface area contributed by atoms with Crippen LogP contribution in [0.3, 0.4) is 0 Å². The van der Waals surface area contributed by atoms with E-state index in [4.69, 9.17) is 0 Å². The van der Waals surface area contributed by atoms with E-state index in [-0.39, 0.29) is 0 Å². The molecule has 2 unspecified atom stereocenters. The lowest BCUT2D eigenvalue weighted by atomic mass is 9.75. The van der Waals surface area contributed by atoms with Crippen LogP contribution in [0.4, 0.5) is 5.69 Å². The molecule has 0 saturated carbocycles. The van der Waals surface area contributed by atoms with Crippen LogP contribution in [0.2, 0.25) is 0 Å². The van der Waals surface area contributed by atoms with Gasteiger partial charge in [-0.15, -0.1) is 11.3 Å². The maximum Gasteiger partial charge on any atom is 0.0991 e. The van der Waals surface area contributed by atoms with Gasteiger partial charge in [0.2, 0.25) is 0 Å². The number of hydrogen-bond donors (Lipinski definition) is 1. The molecule has 0 bridgehead atoms. The summed E-state index contributed by atoms with van der Waals surface area (Å²) in [4.78, 5) is 5.39. The zero-order valence-corrected chi connectivity index (χ0v) is 20.5. The monoisotopic (exact) mass is 449 g/mol. The molecule has 2 saturated heterocycles. The Bertz CT molecular complexity index is 1080. The van der Waals surface area contributed by atoms with Crippen molar-refractivity contribution >= 4 is 35.4 Å². The molecule has 2 aromatic rings. The third-order valence-corrected chi connectivity index (χ3v) is 9.03. The summed E-state index contributed by atoms with van der Waals surface area (Å²) < 4.78 is 2.17. The first-order valence-corrected chi connectivity index (χ1v) is 12.5. The molecule has 0 amide bonds. The van der Waals surface area contributed by atoms with Crippen LogP contribution < -0.4 is 4.90 Å². The number of fused-ring (bicyclic) bond motifs is 2. The summed E-state index contributed by atoms with van der Waals surface area (Å²) in [6, 6.07) is 8.65. The van der Waals surface area contributed by atoms with Crippen LogP contribution in [0.1, 0.15) is 48.8 Å². The second-order valence-corrected chi connectivity index (χ2v) is 12.1. The molecule has 0 radical (unpaired) electrons. The van der Waals surface area contributed by atoms with Gasteiger partial charge < -0.3 is 4.90 Å². The molecular weight excluding hydrogens is 418 g/mol. The van der Waals surface area contributed by atoms with Crippen molar-refractivity contribution in [1.29, 1.82) is 5.26 Å². The van der Waals surface area contributed by atoms with Crippen LogP contribution >= 0.6 is 24.2 Å². The van der Waals surface area contributed by atoms with Gasteiger partial charge in [0.05, 0.1) is 11.6 Å². The Morgan fingerprint density at radius 2 is 1.94 bits per heavy atom. The standard InChI is InChI=1S/C26H31N3S2/c1-16(2)24-21-10-26(3,4)8-7-23(21)31-25(24)20-9-17(11-27)5-6-22(20)28-12-18-14-29(30)15-19(18)13-28/h5-6,9,18-19,30H,1,7-8,10,12-15H2,2-4H3. The van der Waals surface area contributed by atoms with Gasteiger partial charge in [-0.2, -0.15) is 5.26 Å². The molecule has 3 aliphatic rings. The van der Waals surface area contributed by atoms with E-state index in [0.29, 0.717) is 17.3 Å². The van der Waals surface area contributed by atoms with Gasteiger partial charge in [0.15, 0.2) is 0 Å². The number of rotatable bonds is 3. The van der Waals surface area contributed by atoms with Gasteiger partial charge in [-0.1, -0.05) is 33.2 Å². The van der Waals surface area contributed by atoms with Crippen LogP contribution in [0.15, 0.2) is 24.8 Å². The molecule has 2 aliphatic heterocycles. The summed E-state index contributed by atoms with van der Waals surface area (Å²) in [5.74, 6) is 1.36. The Hall–Kier alpha value is -1.74. The van der Waals surface area contributed by atoms with E-state index in [1.807, 2.05) is 17.4 Å². The zero-order chi connectivity index (χ0) is 21.9. The van der Waals surface area contributed by atoms with E-state index in [9.17, 15) is 5.26 Å². The smallest absolute Gasteiger partial charge is 0.0991 e. The minimum atomic E-state index is 0.331. The number of nitriles is 1. The molecule has 0 N–H and O–H groups in total. The molecule has 2 atom stereocenters. The van der Waals surface area contributed by atoms with Crippen molar-refractivity contribution in [2.75, 3.05) is 31.1 Å². The van der Waals surface area contributed by atoms with Crippen LogP contribution in [-0.2, 0) is 12.8 Å². The van der Waals surface area contributed by atoms with Crippen molar-refractivity contribution in [2.45, 2.75) is 40.0 Å². The van der Waals surface area contributed by atoms with Crippen molar-refractivity contribution < 1.29 is 0 Å². The number of nitrogens with zero attached hydrogens (tertiary/aromatic N) is 3. The first-order valence-electron chi connectivity index (χ1n) is 11.3. The number of thiol groups is 1. The van der Waals surface area contributed by atoms with Crippen LogP contribution in [0.25, 0.3) is 16.0 Å². The predicted octanol–water partition coefficient (Wildman–Crippen LogP) is 6.05. The number of aryl methyl sites for hydroxylation is 1. The SMILES string of the molecule is C=C(C)c1c(-c2cc(C#N)ccc2N2CC3CN(S)CC3C2)sc2c1CC(C)(C)CC2. The fourth-order valence-electron chi connectivity index (χ4n) is 5.79. The summed E-state index contributed by atoms with van der Waals surface area (Å²) in [7, 11) is 0. The van der Waals surface area contributed by atoms with Gasteiger partial charge in [-0.05, 0) is 78.3 Å². The lowest BCUT2D eigenvalue weighted by molar-refractivity contribution is 0.317. The van der Waals surface area contributed by atoms with Crippen LogP contribution in [0, 0.1) is 28.6 Å². The Morgan fingerprint density at radius 3 is 2.58 bits per heavy atom. The van der Waals surface area contributed by atoms with Crippen LogP contribution in [0.5, 0.6) is 0 Å². The molecule has 3 heterocycles. The van der Waals surface area contributed by atoms with Gasteiger partial charge in [0.25, 0.3) is 0 Å². The molecule has 5 heteroatoms. The fourth-order valence-corrected chi connectivity index (χ4v) is 7.63. The average Bonchev–Trinajstić information content (AvgIpc) is 3.36. The Morgan fingerprint density at radius 1 is 1.23 bits per heavy atom. The highest BCUT2D eigenvalue weighted by Gasteiger charge is 2.40. The number of thiophene rings is 1. The van der Waals surface area contributed by atoms with Crippen molar-refractivity contribution in [3.8, 4) is 16.5 Å². The lowest BCUT2D eigenvalue weighted by Crippen LogP contribution is -2.25. The molecular formula is C26H31N3S2. The van der Waals surface area contributed by atoms with Gasteiger partial charge in [0.1, 0.15) is 0 Å². The molecule has 2 fully saturated rings. The molecule has 1 aromatic carbocycles. The largest absolute Gasteiger partial charge is 0.370 e. The molecule has 3 nitrogen and oxygen atoms in total. The van der Waals surface area contributed by atoms with Crippen molar-refractivity contribution in [3.63, 3.8) is 0 Å². The number of allylic oxidation sites excluding steroid dienone is 1. The third kappa shape index (κ3) is 3.73. The summed E-state index contributed by atoms with van der Waals surface area (Å²) in [6.07, 6.45) is 3.49. The number of hydrogen-bond acceptors (Lipinski definition) is 5. The van der Waals surface area contributed by atoms with E-state index in [0.717, 1.165) is 50.2 Å². The van der Waals surface area contributed by atoms with Gasteiger partial charge in [0, 0.05) is 47.2 Å². The summed E-state index contributed by atoms with van der Waals surface area (Å²) in [6.45, 7) is 15.6. The highest BCUT2D eigenvalue weighted by molar-refractivity contribution is 7.77. The molecule has 5 rings (SSSR count). The molecule has 162 valence electrons. The van der Waals surface area contributed by atoms with E-state index in [2.05, 4.69) is 67.6 Å². The lowest BCUT2D eigenvalue weighted by Gasteiger charge is -2.30. The van der Waals surface area contributed by atoms with Crippen LogP contribution in [-0.4, -0.2) is 30.5 Å².